The van der Waals surface area contributed by atoms with Crippen molar-refractivity contribution in [3.8, 4) is 0 Å². The quantitative estimate of drug-likeness (QED) is 0.434. The highest BCUT2D eigenvalue weighted by molar-refractivity contribution is 7.89. The van der Waals surface area contributed by atoms with Crippen molar-refractivity contribution in [2.75, 3.05) is 27.2 Å². The number of sulfonamides is 1. The fraction of sp³-hybridized carbons (Fsp3) is 0.350. The maximum absolute atomic E-state index is 12.3. The minimum atomic E-state index is -3.50. The summed E-state index contributed by atoms with van der Waals surface area (Å²) in [6, 6.07) is 15.0. The number of hydrogen-bond acceptors (Lipinski definition) is 3. The lowest BCUT2D eigenvalue weighted by molar-refractivity contribution is 0.475. The first-order valence-corrected chi connectivity index (χ1v) is 10.3. The van der Waals surface area contributed by atoms with Crippen LogP contribution in [0.2, 0.25) is 0 Å². The van der Waals surface area contributed by atoms with Gasteiger partial charge in [0.25, 0.3) is 0 Å². The van der Waals surface area contributed by atoms with Gasteiger partial charge in [0.15, 0.2) is 5.96 Å². The van der Waals surface area contributed by atoms with Crippen molar-refractivity contribution in [1.29, 1.82) is 0 Å². The average molecular weight is 389 g/mol. The van der Waals surface area contributed by atoms with E-state index in [0.29, 0.717) is 12.5 Å². The Morgan fingerprint density at radius 3 is 2.33 bits per heavy atom. The van der Waals surface area contributed by atoms with E-state index in [0.717, 1.165) is 12.1 Å². The molecule has 0 aliphatic carbocycles. The number of rotatable bonds is 7. The van der Waals surface area contributed by atoms with Crippen molar-refractivity contribution in [2.45, 2.75) is 25.3 Å². The summed E-state index contributed by atoms with van der Waals surface area (Å²) in [5.74, 6) is 0.716. The van der Waals surface area contributed by atoms with Crippen LogP contribution in [0.1, 0.15) is 16.7 Å². The molecule has 0 saturated heterocycles. The predicted molar refractivity (Wildman–Crippen MR) is 110 cm³/mol. The summed E-state index contributed by atoms with van der Waals surface area (Å²) in [5.41, 5.74) is 3.48. The van der Waals surface area contributed by atoms with Crippen LogP contribution in [0.5, 0.6) is 0 Å². The van der Waals surface area contributed by atoms with Crippen LogP contribution in [0.15, 0.2) is 58.4 Å². The zero-order valence-electron chi connectivity index (χ0n) is 16.4. The van der Waals surface area contributed by atoms with Crippen LogP contribution in [-0.4, -0.2) is 46.5 Å². The first kappa shape index (κ1) is 20.9. The summed E-state index contributed by atoms with van der Waals surface area (Å²) in [7, 11) is 0.172. The molecule has 0 radical (unpaired) electrons. The average Bonchev–Trinajstić information content (AvgIpc) is 2.64. The fourth-order valence-electron chi connectivity index (χ4n) is 2.66. The Labute approximate surface area is 162 Å². The van der Waals surface area contributed by atoms with Crippen LogP contribution in [0.25, 0.3) is 0 Å². The second-order valence-corrected chi connectivity index (χ2v) is 8.23. The summed E-state index contributed by atoms with van der Waals surface area (Å²) in [4.78, 5) is 6.55. The molecule has 0 heterocycles. The predicted octanol–water partition coefficient (Wildman–Crippen LogP) is 2.29. The van der Waals surface area contributed by atoms with E-state index in [1.807, 2.05) is 31.0 Å². The molecule has 0 unspecified atom stereocenters. The van der Waals surface area contributed by atoms with Gasteiger partial charge in [-0.05, 0) is 37.1 Å². The maximum Gasteiger partial charge on any atom is 0.240 e. The highest BCUT2D eigenvalue weighted by Crippen LogP contribution is 2.10. The molecule has 0 aliphatic heterocycles. The molecule has 0 aromatic heterocycles. The number of nitrogens with one attached hydrogen (secondary N) is 2. The Morgan fingerprint density at radius 1 is 1.04 bits per heavy atom. The zero-order valence-corrected chi connectivity index (χ0v) is 17.2. The molecule has 7 heteroatoms. The molecule has 0 saturated carbocycles. The van der Waals surface area contributed by atoms with Gasteiger partial charge in [-0.2, -0.15) is 0 Å². The minimum absolute atomic E-state index is 0.271. The van der Waals surface area contributed by atoms with Gasteiger partial charge in [-0.3, -0.25) is 4.99 Å². The number of benzene rings is 2. The van der Waals surface area contributed by atoms with Gasteiger partial charge in [0.05, 0.1) is 4.90 Å². The van der Waals surface area contributed by atoms with E-state index >= 15 is 0 Å². The zero-order chi connectivity index (χ0) is 19.9. The molecule has 2 aromatic rings. The van der Waals surface area contributed by atoms with Gasteiger partial charge in [0.2, 0.25) is 10.0 Å². The van der Waals surface area contributed by atoms with Gasteiger partial charge in [-0.1, -0.05) is 42.0 Å². The van der Waals surface area contributed by atoms with Gasteiger partial charge in [0.1, 0.15) is 0 Å². The first-order valence-electron chi connectivity index (χ1n) is 8.86. The standard InChI is InChI=1S/C20H28N4O2S/c1-16-9-11-19(12-10-16)27(25,26)23-14-13-22-20(21-3)24(4)15-18-8-6-5-7-17(18)2/h5-12,23H,13-15H2,1-4H3,(H,21,22). The Hall–Kier alpha value is -2.38. The normalized spacial score (nSPS) is 12.1. The topological polar surface area (TPSA) is 73.8 Å². The molecule has 6 nitrogen and oxygen atoms in total. The molecule has 0 atom stereocenters. The molecule has 0 amide bonds. The molecule has 2 rings (SSSR count). The number of guanidine groups is 1. The smallest absolute Gasteiger partial charge is 0.240 e. The summed E-state index contributed by atoms with van der Waals surface area (Å²) in [6.07, 6.45) is 0. The van der Waals surface area contributed by atoms with Crippen LogP contribution < -0.4 is 10.0 Å². The third-order valence-electron chi connectivity index (χ3n) is 4.27. The Kier molecular flexibility index (Phi) is 7.38. The number of aryl methyl sites for hydroxylation is 2. The number of hydrogen-bond donors (Lipinski definition) is 2. The molecule has 146 valence electrons. The minimum Gasteiger partial charge on any atom is -0.355 e. The summed E-state index contributed by atoms with van der Waals surface area (Å²) in [6.45, 7) is 5.44. The Morgan fingerprint density at radius 2 is 1.70 bits per heavy atom. The summed E-state index contributed by atoms with van der Waals surface area (Å²) < 4.78 is 27.2. The lowest BCUT2D eigenvalue weighted by Gasteiger charge is -2.23. The molecular weight excluding hydrogens is 360 g/mol. The third-order valence-corrected chi connectivity index (χ3v) is 5.75. The van der Waals surface area contributed by atoms with Crippen molar-refractivity contribution in [3.05, 3.63) is 65.2 Å². The van der Waals surface area contributed by atoms with Gasteiger partial charge in [-0.25, -0.2) is 13.1 Å². The van der Waals surface area contributed by atoms with Gasteiger partial charge in [-0.15, -0.1) is 0 Å². The van der Waals surface area contributed by atoms with Crippen LogP contribution in [0.3, 0.4) is 0 Å². The maximum atomic E-state index is 12.3. The van der Waals surface area contributed by atoms with E-state index in [2.05, 4.69) is 34.1 Å². The lowest BCUT2D eigenvalue weighted by Crippen LogP contribution is -2.42. The van der Waals surface area contributed by atoms with Crippen LogP contribution in [0.4, 0.5) is 0 Å². The van der Waals surface area contributed by atoms with Crippen molar-refractivity contribution in [2.24, 2.45) is 4.99 Å². The first-order chi connectivity index (χ1) is 12.8. The molecule has 2 aromatic carbocycles. The molecule has 0 spiro atoms. The van der Waals surface area contributed by atoms with Crippen LogP contribution in [-0.2, 0) is 16.6 Å². The van der Waals surface area contributed by atoms with E-state index in [1.165, 1.54) is 11.1 Å². The van der Waals surface area contributed by atoms with E-state index in [-0.39, 0.29) is 11.4 Å². The lowest BCUT2D eigenvalue weighted by atomic mass is 10.1. The van der Waals surface area contributed by atoms with Gasteiger partial charge >= 0.3 is 0 Å². The molecule has 0 aliphatic rings. The molecule has 27 heavy (non-hydrogen) atoms. The van der Waals surface area contributed by atoms with Crippen molar-refractivity contribution in [1.82, 2.24) is 14.9 Å². The largest absolute Gasteiger partial charge is 0.355 e. The highest BCUT2D eigenvalue weighted by atomic mass is 32.2. The SMILES string of the molecule is CN=C(NCCNS(=O)(=O)c1ccc(C)cc1)N(C)Cc1ccccc1C. The van der Waals surface area contributed by atoms with Gasteiger partial charge in [0, 0.05) is 33.7 Å². The molecule has 0 bridgehead atoms. The fourth-order valence-corrected chi connectivity index (χ4v) is 3.69. The van der Waals surface area contributed by atoms with E-state index in [9.17, 15) is 8.42 Å². The van der Waals surface area contributed by atoms with Gasteiger partial charge < -0.3 is 10.2 Å². The number of aliphatic imine (C=N–C) groups is 1. The second kappa shape index (κ2) is 9.53. The molecule has 2 N–H and O–H groups in total. The third kappa shape index (κ3) is 6.08. The highest BCUT2D eigenvalue weighted by Gasteiger charge is 2.13. The van der Waals surface area contributed by atoms with Crippen molar-refractivity contribution in [3.63, 3.8) is 0 Å². The molecular formula is C20H28N4O2S. The van der Waals surface area contributed by atoms with Crippen molar-refractivity contribution >= 4 is 16.0 Å². The molecule has 0 fully saturated rings. The van der Waals surface area contributed by atoms with Crippen molar-refractivity contribution < 1.29 is 8.42 Å². The van der Waals surface area contributed by atoms with E-state index in [4.69, 9.17) is 0 Å². The Bertz CT molecular complexity index is 877. The van der Waals surface area contributed by atoms with E-state index < -0.39 is 10.0 Å². The van der Waals surface area contributed by atoms with Crippen LogP contribution in [0, 0.1) is 13.8 Å². The second-order valence-electron chi connectivity index (χ2n) is 6.47. The van der Waals surface area contributed by atoms with Crippen LogP contribution >= 0.6 is 0 Å². The van der Waals surface area contributed by atoms with E-state index in [1.54, 1.807) is 31.3 Å². The summed E-state index contributed by atoms with van der Waals surface area (Å²) >= 11 is 0. The monoisotopic (exact) mass is 388 g/mol. The summed E-state index contributed by atoms with van der Waals surface area (Å²) in [5, 5.41) is 3.19. The Balaban J connectivity index is 1.85. The number of nitrogens with zero attached hydrogens (tertiary/aromatic N) is 2.